The Kier molecular flexibility index (Phi) is 2.85. The molecule has 0 radical (unpaired) electrons. The van der Waals surface area contributed by atoms with Crippen LogP contribution in [0.1, 0.15) is 38.5 Å². The molecule has 1 aliphatic heterocycles. The number of rotatable bonds is 2. The van der Waals surface area contributed by atoms with E-state index in [4.69, 9.17) is 5.26 Å². The van der Waals surface area contributed by atoms with E-state index in [1.807, 2.05) is 0 Å². The Bertz CT molecular complexity index is 207. The SMILES string of the molecule is N#CCCN1CC[C@H]2CCCC[C@H]21. The lowest BCUT2D eigenvalue weighted by Gasteiger charge is -2.31. The molecule has 0 aromatic rings. The third-order valence-electron chi connectivity index (χ3n) is 3.64. The van der Waals surface area contributed by atoms with E-state index in [2.05, 4.69) is 11.0 Å². The molecule has 0 aromatic carbocycles. The van der Waals surface area contributed by atoms with Crippen LogP contribution in [0, 0.1) is 17.2 Å². The average molecular weight is 178 g/mol. The Morgan fingerprint density at radius 2 is 2.08 bits per heavy atom. The molecule has 2 heteroatoms. The first-order valence-electron chi connectivity index (χ1n) is 5.53. The topological polar surface area (TPSA) is 27.0 Å². The van der Waals surface area contributed by atoms with Crippen molar-refractivity contribution in [2.45, 2.75) is 44.6 Å². The summed E-state index contributed by atoms with van der Waals surface area (Å²) in [4.78, 5) is 2.55. The van der Waals surface area contributed by atoms with Gasteiger partial charge in [-0.3, -0.25) is 4.90 Å². The highest BCUT2D eigenvalue weighted by Crippen LogP contribution is 2.35. The van der Waals surface area contributed by atoms with Gasteiger partial charge in [0.1, 0.15) is 0 Å². The summed E-state index contributed by atoms with van der Waals surface area (Å²) in [6.07, 6.45) is 7.76. The molecule has 0 spiro atoms. The molecule has 2 rings (SSSR count). The lowest BCUT2D eigenvalue weighted by atomic mass is 9.85. The van der Waals surface area contributed by atoms with Crippen molar-refractivity contribution >= 4 is 0 Å². The van der Waals surface area contributed by atoms with E-state index in [-0.39, 0.29) is 0 Å². The van der Waals surface area contributed by atoms with Crippen LogP contribution in [0.25, 0.3) is 0 Å². The van der Waals surface area contributed by atoms with Gasteiger partial charge in [0, 0.05) is 19.0 Å². The van der Waals surface area contributed by atoms with Crippen LogP contribution >= 0.6 is 0 Å². The summed E-state index contributed by atoms with van der Waals surface area (Å²) < 4.78 is 0. The first-order chi connectivity index (χ1) is 6.42. The van der Waals surface area contributed by atoms with E-state index in [1.54, 1.807) is 0 Å². The summed E-state index contributed by atoms with van der Waals surface area (Å²) >= 11 is 0. The fourth-order valence-electron chi connectivity index (χ4n) is 2.97. The van der Waals surface area contributed by atoms with Gasteiger partial charge in [-0.1, -0.05) is 12.8 Å². The third kappa shape index (κ3) is 1.86. The van der Waals surface area contributed by atoms with Crippen LogP contribution in [-0.2, 0) is 0 Å². The van der Waals surface area contributed by atoms with Crippen molar-refractivity contribution in [1.29, 1.82) is 5.26 Å². The van der Waals surface area contributed by atoms with E-state index in [9.17, 15) is 0 Å². The highest BCUT2D eigenvalue weighted by atomic mass is 15.2. The fraction of sp³-hybridized carbons (Fsp3) is 0.909. The molecule has 1 saturated carbocycles. The molecule has 2 nitrogen and oxygen atoms in total. The Morgan fingerprint density at radius 1 is 1.23 bits per heavy atom. The van der Waals surface area contributed by atoms with Gasteiger partial charge in [-0.2, -0.15) is 5.26 Å². The van der Waals surface area contributed by atoms with Crippen LogP contribution in [-0.4, -0.2) is 24.0 Å². The van der Waals surface area contributed by atoms with E-state index < -0.39 is 0 Å². The van der Waals surface area contributed by atoms with Crippen molar-refractivity contribution in [3.63, 3.8) is 0 Å². The molecule has 1 aliphatic carbocycles. The van der Waals surface area contributed by atoms with Crippen LogP contribution in [0.15, 0.2) is 0 Å². The lowest BCUT2D eigenvalue weighted by Crippen LogP contribution is -2.35. The van der Waals surface area contributed by atoms with Crippen molar-refractivity contribution in [3.8, 4) is 6.07 Å². The van der Waals surface area contributed by atoms with Crippen LogP contribution < -0.4 is 0 Å². The van der Waals surface area contributed by atoms with Gasteiger partial charge in [0.25, 0.3) is 0 Å². The number of hydrogen-bond acceptors (Lipinski definition) is 2. The molecule has 72 valence electrons. The Labute approximate surface area is 80.5 Å². The van der Waals surface area contributed by atoms with E-state index >= 15 is 0 Å². The van der Waals surface area contributed by atoms with Crippen molar-refractivity contribution in [1.82, 2.24) is 4.90 Å². The van der Waals surface area contributed by atoms with Gasteiger partial charge in [0.2, 0.25) is 0 Å². The van der Waals surface area contributed by atoms with E-state index in [0.29, 0.717) is 6.42 Å². The van der Waals surface area contributed by atoms with Crippen molar-refractivity contribution in [3.05, 3.63) is 0 Å². The van der Waals surface area contributed by atoms with Gasteiger partial charge in [-0.25, -0.2) is 0 Å². The zero-order chi connectivity index (χ0) is 9.10. The normalized spacial score (nSPS) is 34.1. The summed E-state index contributed by atoms with van der Waals surface area (Å²) in [6.45, 7) is 2.26. The van der Waals surface area contributed by atoms with Crippen molar-refractivity contribution in [2.75, 3.05) is 13.1 Å². The largest absolute Gasteiger partial charge is 0.299 e. The second-order valence-electron chi connectivity index (χ2n) is 4.34. The molecule has 1 heterocycles. The van der Waals surface area contributed by atoms with Crippen molar-refractivity contribution in [2.24, 2.45) is 5.92 Å². The molecular formula is C11H18N2. The number of nitrogens with zero attached hydrogens (tertiary/aromatic N) is 2. The van der Waals surface area contributed by atoms with Crippen LogP contribution in [0.3, 0.4) is 0 Å². The zero-order valence-corrected chi connectivity index (χ0v) is 8.21. The first-order valence-corrected chi connectivity index (χ1v) is 5.53. The summed E-state index contributed by atoms with van der Waals surface area (Å²) in [5, 5.41) is 8.55. The molecule has 0 unspecified atom stereocenters. The summed E-state index contributed by atoms with van der Waals surface area (Å²) in [6, 6.07) is 3.08. The maximum atomic E-state index is 8.55. The molecule has 2 fully saturated rings. The molecule has 13 heavy (non-hydrogen) atoms. The van der Waals surface area contributed by atoms with Gasteiger partial charge in [0.05, 0.1) is 6.07 Å². The Morgan fingerprint density at radius 3 is 2.92 bits per heavy atom. The second-order valence-corrected chi connectivity index (χ2v) is 4.34. The van der Waals surface area contributed by atoms with E-state index in [0.717, 1.165) is 18.5 Å². The molecule has 0 amide bonds. The van der Waals surface area contributed by atoms with Crippen LogP contribution in [0.2, 0.25) is 0 Å². The predicted molar refractivity (Wildman–Crippen MR) is 52.2 cm³/mol. The minimum absolute atomic E-state index is 0.712. The lowest BCUT2D eigenvalue weighted by molar-refractivity contribution is 0.186. The first kappa shape index (κ1) is 9.02. The summed E-state index contributed by atoms with van der Waals surface area (Å²) in [5.41, 5.74) is 0. The fourth-order valence-corrected chi connectivity index (χ4v) is 2.97. The number of hydrogen-bond donors (Lipinski definition) is 0. The van der Waals surface area contributed by atoms with E-state index in [1.165, 1.54) is 38.6 Å². The maximum Gasteiger partial charge on any atom is 0.0635 e. The molecule has 2 atom stereocenters. The minimum atomic E-state index is 0.712. The number of likely N-dealkylation sites (tertiary alicyclic amines) is 1. The smallest absolute Gasteiger partial charge is 0.0635 e. The Balaban J connectivity index is 1.88. The van der Waals surface area contributed by atoms with Gasteiger partial charge >= 0.3 is 0 Å². The second kappa shape index (κ2) is 4.11. The number of fused-ring (bicyclic) bond motifs is 1. The minimum Gasteiger partial charge on any atom is -0.299 e. The van der Waals surface area contributed by atoms with Crippen LogP contribution in [0.4, 0.5) is 0 Å². The standard InChI is InChI=1S/C11H18N2/c12-7-3-8-13-9-6-10-4-1-2-5-11(10)13/h10-11H,1-6,8-9H2/t10-,11-/m1/s1. The highest BCUT2D eigenvalue weighted by Gasteiger charge is 2.34. The van der Waals surface area contributed by atoms with Crippen molar-refractivity contribution < 1.29 is 0 Å². The average Bonchev–Trinajstić information content (AvgIpc) is 2.58. The molecule has 0 aromatic heterocycles. The van der Waals surface area contributed by atoms with Gasteiger partial charge in [0.15, 0.2) is 0 Å². The quantitative estimate of drug-likeness (QED) is 0.648. The van der Waals surface area contributed by atoms with Gasteiger partial charge < -0.3 is 0 Å². The molecule has 1 saturated heterocycles. The highest BCUT2D eigenvalue weighted by molar-refractivity contribution is 4.90. The van der Waals surface area contributed by atoms with Gasteiger partial charge in [-0.05, 0) is 31.7 Å². The molecule has 0 N–H and O–H groups in total. The summed E-state index contributed by atoms with van der Waals surface area (Å²) in [7, 11) is 0. The third-order valence-corrected chi connectivity index (χ3v) is 3.64. The van der Waals surface area contributed by atoms with Gasteiger partial charge in [-0.15, -0.1) is 0 Å². The Hall–Kier alpha value is -0.550. The molecule has 0 bridgehead atoms. The summed E-state index contributed by atoms with van der Waals surface area (Å²) in [5.74, 6) is 0.965. The maximum absolute atomic E-state index is 8.55. The van der Waals surface area contributed by atoms with Crippen LogP contribution in [0.5, 0.6) is 0 Å². The monoisotopic (exact) mass is 178 g/mol. The predicted octanol–water partition coefficient (Wildman–Crippen LogP) is 2.16. The molecule has 2 aliphatic rings. The zero-order valence-electron chi connectivity index (χ0n) is 8.21. The molecular weight excluding hydrogens is 160 g/mol. The number of nitriles is 1.